The third-order valence-corrected chi connectivity index (χ3v) is 3.31. The van der Waals surface area contributed by atoms with Crippen LogP contribution in [0.4, 0.5) is 4.39 Å². The fraction of sp³-hybridized carbons (Fsp3) is 0.294. The number of hydrogen-bond donors (Lipinski definition) is 2. The predicted molar refractivity (Wildman–Crippen MR) is 79.0 cm³/mol. The van der Waals surface area contributed by atoms with Crippen molar-refractivity contribution in [3.05, 3.63) is 71.5 Å². The first-order valence-corrected chi connectivity index (χ1v) is 6.86. The highest BCUT2D eigenvalue weighted by molar-refractivity contribution is 5.20. The Morgan fingerprint density at radius 3 is 2.40 bits per heavy atom. The van der Waals surface area contributed by atoms with Crippen LogP contribution in [0.2, 0.25) is 0 Å². The molecule has 0 saturated heterocycles. The second-order valence-electron chi connectivity index (χ2n) is 5.04. The first-order valence-electron chi connectivity index (χ1n) is 6.86. The van der Waals surface area contributed by atoms with Gasteiger partial charge in [0, 0.05) is 18.2 Å². The van der Waals surface area contributed by atoms with Crippen LogP contribution in [0.5, 0.6) is 0 Å². The van der Waals surface area contributed by atoms with Gasteiger partial charge in [0.25, 0.3) is 0 Å². The summed E-state index contributed by atoms with van der Waals surface area (Å²) in [6.07, 6.45) is 0.0552. The van der Waals surface area contributed by atoms with Crippen LogP contribution in [0.15, 0.2) is 54.6 Å². The van der Waals surface area contributed by atoms with Crippen molar-refractivity contribution in [1.82, 2.24) is 5.32 Å². The Morgan fingerprint density at radius 1 is 1.05 bits per heavy atom. The molecule has 106 valence electrons. The second kappa shape index (κ2) is 7.17. The van der Waals surface area contributed by atoms with Gasteiger partial charge in [0.1, 0.15) is 5.82 Å². The van der Waals surface area contributed by atoms with Crippen molar-refractivity contribution < 1.29 is 9.50 Å². The molecule has 0 fully saturated rings. The van der Waals surface area contributed by atoms with E-state index in [1.54, 1.807) is 18.2 Å². The van der Waals surface area contributed by atoms with E-state index in [2.05, 4.69) is 24.4 Å². The second-order valence-corrected chi connectivity index (χ2v) is 5.04. The van der Waals surface area contributed by atoms with Crippen LogP contribution in [-0.4, -0.2) is 17.7 Å². The molecule has 2 unspecified atom stereocenters. The molecule has 2 N–H and O–H groups in total. The van der Waals surface area contributed by atoms with E-state index in [0.29, 0.717) is 12.1 Å². The molecule has 0 heterocycles. The number of hydrogen-bond acceptors (Lipinski definition) is 2. The Morgan fingerprint density at radius 2 is 1.70 bits per heavy atom. The molecule has 0 spiro atoms. The molecule has 0 aliphatic heterocycles. The monoisotopic (exact) mass is 273 g/mol. The average Bonchev–Trinajstić information content (AvgIpc) is 2.46. The van der Waals surface area contributed by atoms with Crippen LogP contribution in [0, 0.1) is 5.82 Å². The maximum Gasteiger partial charge on any atom is 0.129 e. The molecule has 0 amide bonds. The molecular formula is C17H20FNO. The summed E-state index contributed by atoms with van der Waals surface area (Å²) in [5, 5.41) is 13.3. The van der Waals surface area contributed by atoms with E-state index < -0.39 is 6.10 Å². The first kappa shape index (κ1) is 14.7. The summed E-state index contributed by atoms with van der Waals surface area (Å²) in [5.74, 6) is -0.363. The maximum atomic E-state index is 13.5. The molecular weight excluding hydrogens is 253 g/mol. The van der Waals surface area contributed by atoms with Gasteiger partial charge in [-0.05, 0) is 25.0 Å². The van der Waals surface area contributed by atoms with Gasteiger partial charge >= 0.3 is 0 Å². The molecule has 2 aromatic carbocycles. The zero-order chi connectivity index (χ0) is 14.4. The third kappa shape index (κ3) is 4.15. The number of nitrogens with one attached hydrogen (secondary N) is 1. The van der Waals surface area contributed by atoms with Crippen LogP contribution in [-0.2, 0) is 6.42 Å². The standard InChI is InChI=1S/C17H20FNO/c1-13(11-14-7-3-2-4-8-14)19-12-17(20)15-9-5-6-10-16(15)18/h2-10,13,17,19-20H,11-12H2,1H3. The minimum absolute atomic E-state index is 0.221. The molecule has 0 aliphatic carbocycles. The number of benzene rings is 2. The molecule has 2 atom stereocenters. The van der Waals surface area contributed by atoms with Crippen molar-refractivity contribution in [3.8, 4) is 0 Å². The summed E-state index contributed by atoms with van der Waals surface area (Å²) in [6.45, 7) is 2.40. The molecule has 2 rings (SSSR count). The molecule has 0 radical (unpaired) electrons. The van der Waals surface area contributed by atoms with Gasteiger partial charge in [0.05, 0.1) is 6.10 Å². The Labute approximate surface area is 119 Å². The zero-order valence-electron chi connectivity index (χ0n) is 11.6. The van der Waals surface area contributed by atoms with Gasteiger partial charge in [0.2, 0.25) is 0 Å². The van der Waals surface area contributed by atoms with Crippen molar-refractivity contribution in [2.24, 2.45) is 0 Å². The van der Waals surface area contributed by atoms with Crippen molar-refractivity contribution in [1.29, 1.82) is 0 Å². The quantitative estimate of drug-likeness (QED) is 0.847. The van der Waals surface area contributed by atoms with Gasteiger partial charge in [-0.15, -0.1) is 0 Å². The van der Waals surface area contributed by atoms with Crippen LogP contribution < -0.4 is 5.32 Å². The molecule has 3 heteroatoms. The lowest BCUT2D eigenvalue weighted by molar-refractivity contribution is 0.166. The van der Waals surface area contributed by atoms with Crippen LogP contribution in [0.25, 0.3) is 0 Å². The normalized spacial score (nSPS) is 13.9. The van der Waals surface area contributed by atoms with Gasteiger partial charge in [-0.25, -0.2) is 4.39 Å². The van der Waals surface area contributed by atoms with E-state index in [0.717, 1.165) is 6.42 Å². The van der Waals surface area contributed by atoms with Crippen molar-refractivity contribution in [2.75, 3.05) is 6.54 Å². The average molecular weight is 273 g/mol. The minimum Gasteiger partial charge on any atom is -0.387 e. The zero-order valence-corrected chi connectivity index (χ0v) is 11.6. The summed E-state index contributed by atoms with van der Waals surface area (Å²) in [6, 6.07) is 16.7. The lowest BCUT2D eigenvalue weighted by Gasteiger charge is -2.18. The summed E-state index contributed by atoms with van der Waals surface area (Å²) in [5.41, 5.74) is 1.58. The van der Waals surface area contributed by atoms with E-state index >= 15 is 0 Å². The number of aliphatic hydroxyl groups excluding tert-OH is 1. The summed E-state index contributed by atoms with van der Waals surface area (Å²) in [4.78, 5) is 0. The number of aliphatic hydroxyl groups is 1. The molecule has 2 nitrogen and oxygen atoms in total. The van der Waals surface area contributed by atoms with E-state index in [1.807, 2.05) is 18.2 Å². The van der Waals surface area contributed by atoms with Crippen molar-refractivity contribution >= 4 is 0 Å². The largest absolute Gasteiger partial charge is 0.387 e. The highest BCUT2D eigenvalue weighted by atomic mass is 19.1. The van der Waals surface area contributed by atoms with Crippen LogP contribution in [0.3, 0.4) is 0 Å². The lowest BCUT2D eigenvalue weighted by atomic mass is 10.1. The van der Waals surface area contributed by atoms with Crippen LogP contribution >= 0.6 is 0 Å². The Bertz CT molecular complexity index is 530. The summed E-state index contributed by atoms with van der Waals surface area (Å²) >= 11 is 0. The van der Waals surface area contributed by atoms with E-state index in [4.69, 9.17) is 0 Å². The van der Waals surface area contributed by atoms with Gasteiger partial charge < -0.3 is 10.4 Å². The Kier molecular flexibility index (Phi) is 5.27. The van der Waals surface area contributed by atoms with E-state index in [-0.39, 0.29) is 11.9 Å². The van der Waals surface area contributed by atoms with E-state index in [1.165, 1.54) is 11.6 Å². The van der Waals surface area contributed by atoms with E-state index in [9.17, 15) is 9.50 Å². The fourth-order valence-corrected chi connectivity index (χ4v) is 2.21. The topological polar surface area (TPSA) is 32.3 Å². The van der Waals surface area contributed by atoms with Crippen molar-refractivity contribution in [2.45, 2.75) is 25.5 Å². The summed E-state index contributed by atoms with van der Waals surface area (Å²) in [7, 11) is 0. The van der Waals surface area contributed by atoms with Gasteiger partial charge in [-0.1, -0.05) is 48.5 Å². The molecule has 0 aromatic heterocycles. The molecule has 0 saturated carbocycles. The van der Waals surface area contributed by atoms with Gasteiger partial charge in [0.15, 0.2) is 0 Å². The fourth-order valence-electron chi connectivity index (χ4n) is 2.21. The van der Waals surface area contributed by atoms with Gasteiger partial charge in [-0.3, -0.25) is 0 Å². The molecule has 20 heavy (non-hydrogen) atoms. The Balaban J connectivity index is 1.84. The van der Waals surface area contributed by atoms with Crippen molar-refractivity contribution in [3.63, 3.8) is 0 Å². The number of halogens is 1. The minimum atomic E-state index is -0.825. The molecule has 2 aromatic rings. The predicted octanol–water partition coefficient (Wildman–Crippen LogP) is 3.08. The highest BCUT2D eigenvalue weighted by Gasteiger charge is 2.13. The smallest absolute Gasteiger partial charge is 0.129 e. The summed E-state index contributed by atoms with van der Waals surface area (Å²) < 4.78 is 13.5. The lowest BCUT2D eigenvalue weighted by Crippen LogP contribution is -2.32. The van der Waals surface area contributed by atoms with Gasteiger partial charge in [-0.2, -0.15) is 0 Å². The Hall–Kier alpha value is -1.71. The third-order valence-electron chi connectivity index (χ3n) is 3.31. The highest BCUT2D eigenvalue weighted by Crippen LogP contribution is 2.16. The SMILES string of the molecule is CC(Cc1ccccc1)NCC(O)c1ccccc1F. The maximum absolute atomic E-state index is 13.5. The van der Waals surface area contributed by atoms with Crippen LogP contribution in [0.1, 0.15) is 24.2 Å². The molecule has 0 aliphatic rings. The molecule has 0 bridgehead atoms. The first-order chi connectivity index (χ1) is 9.66. The number of rotatable bonds is 6.